The highest BCUT2D eigenvalue weighted by Gasteiger charge is 2.42. The number of nitrogens with one attached hydrogen (secondary N) is 2. The number of hydrogen-bond acceptors (Lipinski definition) is 4. The lowest BCUT2D eigenvalue weighted by molar-refractivity contribution is 0.0243. The molecule has 0 bridgehead atoms. The van der Waals surface area contributed by atoms with Gasteiger partial charge in [0.15, 0.2) is 5.69 Å². The van der Waals surface area contributed by atoms with Gasteiger partial charge in [0, 0.05) is 48.5 Å². The Labute approximate surface area is 218 Å². The summed E-state index contributed by atoms with van der Waals surface area (Å²) in [6.07, 6.45) is 4.83. The van der Waals surface area contributed by atoms with Crippen LogP contribution >= 0.6 is 0 Å². The molecule has 2 N–H and O–H groups in total. The monoisotopic (exact) mass is 493 g/mol. The van der Waals surface area contributed by atoms with E-state index in [0.717, 1.165) is 55.6 Å². The van der Waals surface area contributed by atoms with Crippen molar-refractivity contribution in [1.29, 1.82) is 0 Å². The van der Waals surface area contributed by atoms with Crippen molar-refractivity contribution in [2.24, 2.45) is 5.92 Å². The van der Waals surface area contributed by atoms with Crippen molar-refractivity contribution in [2.75, 3.05) is 36.4 Å². The van der Waals surface area contributed by atoms with Crippen molar-refractivity contribution in [3.63, 3.8) is 0 Å². The third kappa shape index (κ3) is 4.62. The van der Waals surface area contributed by atoms with E-state index in [1.165, 1.54) is 24.1 Å². The van der Waals surface area contributed by atoms with E-state index in [2.05, 4.69) is 80.8 Å². The average molecular weight is 494 g/mol. The van der Waals surface area contributed by atoms with Crippen molar-refractivity contribution < 1.29 is 4.79 Å². The number of benzene rings is 3. The van der Waals surface area contributed by atoms with Crippen LogP contribution in [0.5, 0.6) is 0 Å². The van der Waals surface area contributed by atoms with E-state index < -0.39 is 0 Å². The molecule has 2 fully saturated rings. The van der Waals surface area contributed by atoms with Crippen LogP contribution in [0.4, 0.5) is 11.4 Å². The first-order chi connectivity index (χ1) is 18.1. The number of piperazine rings is 1. The Kier molecular flexibility index (Phi) is 6.43. The Morgan fingerprint density at radius 2 is 1.76 bits per heavy atom. The molecule has 1 aliphatic heterocycles. The molecule has 3 aromatic carbocycles. The van der Waals surface area contributed by atoms with Crippen molar-refractivity contribution >= 4 is 28.2 Å². The van der Waals surface area contributed by atoms with Crippen molar-refractivity contribution in [3.05, 3.63) is 90.1 Å². The number of aromatic amines is 1. The van der Waals surface area contributed by atoms with Crippen LogP contribution < -0.4 is 10.2 Å². The number of hydrogen-bond donors (Lipinski definition) is 2. The fraction of sp³-hybridized carbons (Fsp3) is 0.355. The fourth-order valence-electron chi connectivity index (χ4n) is 6.50. The molecule has 4 aromatic rings. The van der Waals surface area contributed by atoms with E-state index in [4.69, 9.17) is 0 Å². The fourth-order valence-corrected chi connectivity index (χ4v) is 6.50. The Morgan fingerprint density at radius 1 is 0.973 bits per heavy atom. The van der Waals surface area contributed by atoms with Gasteiger partial charge in [-0.25, -0.2) is 0 Å². The summed E-state index contributed by atoms with van der Waals surface area (Å²) in [5.74, 6) is 0.492. The number of fused-ring (bicyclic) bond motifs is 1. The van der Waals surface area contributed by atoms with Crippen molar-refractivity contribution in [2.45, 2.75) is 38.1 Å². The summed E-state index contributed by atoms with van der Waals surface area (Å²) in [6, 6.07) is 27.0. The molecular weight excluding hydrogens is 458 g/mol. The van der Waals surface area contributed by atoms with Crippen LogP contribution in [0.15, 0.2) is 78.9 Å². The predicted octanol–water partition coefficient (Wildman–Crippen LogP) is 6.04. The Balaban J connectivity index is 1.25. The van der Waals surface area contributed by atoms with Gasteiger partial charge < -0.3 is 10.2 Å². The van der Waals surface area contributed by atoms with Crippen LogP contribution in [0.3, 0.4) is 0 Å². The standard InChI is InChI=1S/C31H35N5O/c1-23-9-8-16-31(22-23,36-19-17-35(18-20-36)26-12-3-2-4-13-26)24-10-7-11-25(21-24)32-30(37)29-27-14-5-6-15-28(27)33-34-29/h2-7,10-15,21,23H,8-9,16-20,22H2,1H3,(H,32,37)(H,33,34). The van der Waals surface area contributed by atoms with Crippen molar-refractivity contribution in [3.8, 4) is 0 Å². The largest absolute Gasteiger partial charge is 0.369 e. The molecule has 190 valence electrons. The van der Waals surface area contributed by atoms with Crippen LogP contribution in [0.25, 0.3) is 10.9 Å². The zero-order valence-electron chi connectivity index (χ0n) is 21.5. The average Bonchev–Trinajstić information content (AvgIpc) is 3.38. The van der Waals surface area contributed by atoms with Gasteiger partial charge in [0.05, 0.1) is 5.52 Å². The lowest BCUT2D eigenvalue weighted by Crippen LogP contribution is -2.57. The van der Waals surface area contributed by atoms with Gasteiger partial charge in [0.25, 0.3) is 5.91 Å². The van der Waals surface area contributed by atoms with Crippen LogP contribution in [0, 0.1) is 5.92 Å². The number of rotatable bonds is 5. The molecule has 1 aliphatic carbocycles. The van der Waals surface area contributed by atoms with E-state index in [-0.39, 0.29) is 11.4 Å². The maximum absolute atomic E-state index is 13.2. The second-order valence-electron chi connectivity index (χ2n) is 10.7. The maximum Gasteiger partial charge on any atom is 0.276 e. The van der Waals surface area contributed by atoms with Gasteiger partial charge in [-0.1, -0.05) is 68.3 Å². The summed E-state index contributed by atoms with van der Waals surface area (Å²) in [5.41, 5.74) is 4.75. The van der Waals surface area contributed by atoms with Crippen LogP contribution in [0.1, 0.15) is 48.7 Å². The minimum Gasteiger partial charge on any atom is -0.369 e. The second-order valence-corrected chi connectivity index (χ2v) is 10.7. The highest BCUT2D eigenvalue weighted by molar-refractivity contribution is 6.11. The molecule has 1 saturated carbocycles. The van der Waals surface area contributed by atoms with Gasteiger partial charge in [-0.3, -0.25) is 14.8 Å². The first-order valence-electron chi connectivity index (χ1n) is 13.5. The molecule has 2 atom stereocenters. The van der Waals surface area contributed by atoms with Crippen LogP contribution in [-0.2, 0) is 5.54 Å². The van der Waals surface area contributed by atoms with E-state index in [9.17, 15) is 4.79 Å². The minimum absolute atomic E-state index is 0.000212. The van der Waals surface area contributed by atoms with E-state index in [0.29, 0.717) is 11.6 Å². The molecule has 1 saturated heterocycles. The number of carbonyl (C=O) groups excluding carboxylic acids is 1. The zero-order valence-corrected chi connectivity index (χ0v) is 21.5. The van der Waals surface area contributed by atoms with Gasteiger partial charge in [-0.2, -0.15) is 5.10 Å². The van der Waals surface area contributed by atoms with Gasteiger partial charge >= 0.3 is 0 Å². The summed E-state index contributed by atoms with van der Waals surface area (Å²) < 4.78 is 0. The maximum atomic E-state index is 13.2. The summed E-state index contributed by atoms with van der Waals surface area (Å²) in [4.78, 5) is 18.4. The number of carbonyl (C=O) groups is 1. The molecule has 0 spiro atoms. The molecular formula is C31H35N5O. The SMILES string of the molecule is CC1CCCC(c2cccc(NC(=O)c3n[nH]c4ccccc34)c2)(N2CCN(c3ccccc3)CC2)C1. The van der Waals surface area contributed by atoms with Crippen molar-refractivity contribution in [1.82, 2.24) is 15.1 Å². The number of para-hydroxylation sites is 2. The molecule has 6 heteroatoms. The normalized spacial score (nSPS) is 22.7. The molecule has 2 heterocycles. The first kappa shape index (κ1) is 23.7. The molecule has 2 aliphatic rings. The topological polar surface area (TPSA) is 64.3 Å². The zero-order chi connectivity index (χ0) is 25.2. The lowest BCUT2D eigenvalue weighted by Gasteiger charge is -2.52. The lowest BCUT2D eigenvalue weighted by atomic mass is 9.71. The third-order valence-corrected chi connectivity index (χ3v) is 8.32. The summed E-state index contributed by atoms with van der Waals surface area (Å²) in [6.45, 7) is 6.53. The number of amides is 1. The molecule has 2 unspecified atom stereocenters. The van der Waals surface area contributed by atoms with E-state index >= 15 is 0 Å². The quantitative estimate of drug-likeness (QED) is 0.356. The first-order valence-corrected chi connectivity index (χ1v) is 13.5. The molecule has 6 nitrogen and oxygen atoms in total. The highest BCUT2D eigenvalue weighted by Crippen LogP contribution is 2.45. The highest BCUT2D eigenvalue weighted by atomic mass is 16.1. The number of H-pyrrole nitrogens is 1. The van der Waals surface area contributed by atoms with Gasteiger partial charge in [-0.15, -0.1) is 0 Å². The minimum atomic E-state index is -0.183. The Morgan fingerprint density at radius 3 is 2.57 bits per heavy atom. The van der Waals surface area contributed by atoms with E-state index in [1.54, 1.807) is 0 Å². The smallest absolute Gasteiger partial charge is 0.276 e. The molecule has 0 radical (unpaired) electrons. The second kappa shape index (κ2) is 10.0. The van der Waals surface area contributed by atoms with E-state index in [1.807, 2.05) is 30.3 Å². The van der Waals surface area contributed by atoms with Gasteiger partial charge in [0.1, 0.15) is 0 Å². The molecule has 37 heavy (non-hydrogen) atoms. The number of nitrogens with zero attached hydrogens (tertiary/aromatic N) is 3. The van der Waals surface area contributed by atoms with Gasteiger partial charge in [0.2, 0.25) is 0 Å². The van der Waals surface area contributed by atoms with Crippen LogP contribution in [-0.4, -0.2) is 47.2 Å². The summed E-state index contributed by atoms with van der Waals surface area (Å²) in [5, 5.41) is 11.2. The summed E-state index contributed by atoms with van der Waals surface area (Å²) in [7, 11) is 0. The van der Waals surface area contributed by atoms with Crippen LogP contribution in [0.2, 0.25) is 0 Å². The summed E-state index contributed by atoms with van der Waals surface area (Å²) >= 11 is 0. The number of aromatic nitrogens is 2. The third-order valence-electron chi connectivity index (χ3n) is 8.32. The Bertz CT molecular complexity index is 1370. The predicted molar refractivity (Wildman–Crippen MR) is 150 cm³/mol. The van der Waals surface area contributed by atoms with Gasteiger partial charge in [-0.05, 0) is 54.7 Å². The number of anilines is 2. The molecule has 1 aromatic heterocycles. The molecule has 1 amide bonds. The molecule has 6 rings (SSSR count). The Hall–Kier alpha value is -3.64.